The second kappa shape index (κ2) is 7.40. The van der Waals surface area contributed by atoms with Gasteiger partial charge in [-0.15, -0.1) is 0 Å². The summed E-state index contributed by atoms with van der Waals surface area (Å²) >= 11 is 0. The number of rotatable bonds is 7. The standard InChI is InChI=1S/C14H25N3O3/c1-5-11(6-2)17(7-8-18)10-12-9-13(19)16(4)14(20)15(12)3/h9,11,18H,5-8,10H2,1-4H3. The van der Waals surface area contributed by atoms with Gasteiger partial charge < -0.3 is 5.11 Å². The number of hydrogen-bond acceptors (Lipinski definition) is 4. The molecular formula is C14H25N3O3. The molecule has 1 N–H and O–H groups in total. The third-order valence-electron chi connectivity index (χ3n) is 3.84. The Labute approximate surface area is 119 Å². The first-order chi connectivity index (χ1) is 9.46. The summed E-state index contributed by atoms with van der Waals surface area (Å²) in [5.74, 6) is 0. The summed E-state index contributed by atoms with van der Waals surface area (Å²) in [4.78, 5) is 25.8. The van der Waals surface area contributed by atoms with Gasteiger partial charge in [0.1, 0.15) is 0 Å². The predicted molar refractivity (Wildman–Crippen MR) is 78.8 cm³/mol. The lowest BCUT2D eigenvalue weighted by molar-refractivity contribution is 0.133. The number of aliphatic hydroxyl groups excluding tert-OH is 1. The van der Waals surface area contributed by atoms with Gasteiger partial charge in [0, 0.05) is 45.0 Å². The first-order valence-corrected chi connectivity index (χ1v) is 7.07. The molecule has 0 radical (unpaired) electrons. The van der Waals surface area contributed by atoms with Gasteiger partial charge in [0.2, 0.25) is 0 Å². The monoisotopic (exact) mass is 283 g/mol. The molecule has 1 rings (SSSR count). The van der Waals surface area contributed by atoms with E-state index in [-0.39, 0.29) is 17.9 Å². The van der Waals surface area contributed by atoms with E-state index in [1.54, 1.807) is 7.05 Å². The van der Waals surface area contributed by atoms with Gasteiger partial charge in [-0.1, -0.05) is 13.8 Å². The van der Waals surface area contributed by atoms with E-state index in [1.165, 1.54) is 17.7 Å². The van der Waals surface area contributed by atoms with Crippen molar-refractivity contribution in [3.05, 3.63) is 32.6 Å². The highest BCUT2D eigenvalue weighted by molar-refractivity contribution is 5.02. The normalized spacial score (nSPS) is 11.6. The second-order valence-corrected chi connectivity index (χ2v) is 5.04. The van der Waals surface area contributed by atoms with Crippen molar-refractivity contribution >= 4 is 0 Å². The fourth-order valence-electron chi connectivity index (χ4n) is 2.46. The molecule has 114 valence electrons. The molecule has 6 nitrogen and oxygen atoms in total. The predicted octanol–water partition coefficient (Wildman–Crippen LogP) is 0.0669. The maximum absolute atomic E-state index is 11.9. The Morgan fingerprint density at radius 3 is 2.30 bits per heavy atom. The highest BCUT2D eigenvalue weighted by atomic mass is 16.3. The van der Waals surface area contributed by atoms with E-state index in [4.69, 9.17) is 0 Å². The summed E-state index contributed by atoms with van der Waals surface area (Å²) in [6, 6.07) is 1.83. The van der Waals surface area contributed by atoms with Gasteiger partial charge in [0.15, 0.2) is 0 Å². The van der Waals surface area contributed by atoms with Gasteiger partial charge >= 0.3 is 5.69 Å². The molecule has 0 aliphatic heterocycles. The molecule has 0 saturated carbocycles. The van der Waals surface area contributed by atoms with Crippen LogP contribution in [0.4, 0.5) is 0 Å². The summed E-state index contributed by atoms with van der Waals surface area (Å²) in [7, 11) is 3.14. The summed E-state index contributed by atoms with van der Waals surface area (Å²) in [5, 5.41) is 9.20. The van der Waals surface area contributed by atoms with Crippen molar-refractivity contribution in [1.82, 2.24) is 14.0 Å². The Morgan fingerprint density at radius 2 is 1.80 bits per heavy atom. The number of nitrogens with zero attached hydrogens (tertiary/aromatic N) is 3. The zero-order valence-corrected chi connectivity index (χ0v) is 12.8. The number of aliphatic hydroxyl groups is 1. The topological polar surface area (TPSA) is 67.5 Å². The molecule has 1 heterocycles. The van der Waals surface area contributed by atoms with Crippen molar-refractivity contribution in [2.45, 2.75) is 39.3 Å². The average Bonchev–Trinajstić information content (AvgIpc) is 2.43. The molecule has 0 aliphatic rings. The molecule has 20 heavy (non-hydrogen) atoms. The molecule has 0 unspecified atom stereocenters. The SMILES string of the molecule is CCC(CC)N(CCO)Cc1cc(=O)n(C)c(=O)n1C. The number of aromatic nitrogens is 2. The molecule has 1 aromatic rings. The van der Waals surface area contributed by atoms with E-state index < -0.39 is 0 Å². The molecule has 0 fully saturated rings. The van der Waals surface area contributed by atoms with Crippen LogP contribution in [0, 0.1) is 0 Å². The molecule has 0 spiro atoms. The molecular weight excluding hydrogens is 258 g/mol. The van der Waals surface area contributed by atoms with Crippen molar-refractivity contribution in [1.29, 1.82) is 0 Å². The molecule has 0 atom stereocenters. The Bertz CT molecular complexity index is 544. The summed E-state index contributed by atoms with van der Waals surface area (Å²) < 4.78 is 2.59. The van der Waals surface area contributed by atoms with E-state index in [9.17, 15) is 14.7 Å². The van der Waals surface area contributed by atoms with Crippen LogP contribution in [-0.4, -0.2) is 38.3 Å². The van der Waals surface area contributed by atoms with E-state index in [1.807, 2.05) is 0 Å². The fourth-order valence-corrected chi connectivity index (χ4v) is 2.46. The quantitative estimate of drug-likeness (QED) is 0.769. The van der Waals surface area contributed by atoms with E-state index in [2.05, 4.69) is 18.7 Å². The molecule has 0 bridgehead atoms. The van der Waals surface area contributed by atoms with E-state index in [0.29, 0.717) is 24.8 Å². The van der Waals surface area contributed by atoms with Gasteiger partial charge in [-0.25, -0.2) is 4.79 Å². The van der Waals surface area contributed by atoms with Crippen LogP contribution in [0.5, 0.6) is 0 Å². The Morgan fingerprint density at radius 1 is 1.20 bits per heavy atom. The molecule has 0 amide bonds. The molecule has 0 saturated heterocycles. The zero-order chi connectivity index (χ0) is 15.3. The average molecular weight is 283 g/mol. The smallest absolute Gasteiger partial charge is 0.330 e. The minimum atomic E-state index is -0.319. The Balaban J connectivity index is 3.12. The van der Waals surface area contributed by atoms with Gasteiger partial charge in [0.25, 0.3) is 5.56 Å². The van der Waals surface area contributed by atoms with Gasteiger partial charge in [-0.05, 0) is 12.8 Å². The summed E-state index contributed by atoms with van der Waals surface area (Å²) in [6.07, 6.45) is 1.94. The third kappa shape index (κ3) is 3.58. The highest BCUT2D eigenvalue weighted by Gasteiger charge is 2.17. The molecule has 1 aromatic heterocycles. The van der Waals surface area contributed by atoms with Crippen molar-refractivity contribution < 1.29 is 5.11 Å². The van der Waals surface area contributed by atoms with Crippen molar-refractivity contribution in [2.75, 3.05) is 13.2 Å². The van der Waals surface area contributed by atoms with Crippen LogP contribution in [0.25, 0.3) is 0 Å². The first kappa shape index (κ1) is 16.7. The van der Waals surface area contributed by atoms with Crippen LogP contribution < -0.4 is 11.2 Å². The minimum absolute atomic E-state index is 0.0648. The largest absolute Gasteiger partial charge is 0.395 e. The Kier molecular flexibility index (Phi) is 6.16. The lowest BCUT2D eigenvalue weighted by Crippen LogP contribution is -2.42. The molecule has 0 aliphatic carbocycles. The second-order valence-electron chi connectivity index (χ2n) is 5.04. The lowest BCUT2D eigenvalue weighted by Gasteiger charge is -2.30. The summed E-state index contributed by atoms with van der Waals surface area (Å²) in [5.41, 5.74) is 0.0658. The van der Waals surface area contributed by atoms with Crippen LogP contribution >= 0.6 is 0 Å². The maximum atomic E-state index is 11.9. The minimum Gasteiger partial charge on any atom is -0.395 e. The van der Waals surface area contributed by atoms with Gasteiger partial charge in [-0.2, -0.15) is 0 Å². The van der Waals surface area contributed by atoms with E-state index in [0.717, 1.165) is 17.4 Å². The van der Waals surface area contributed by atoms with Gasteiger partial charge in [0.05, 0.1) is 6.61 Å². The van der Waals surface area contributed by atoms with Crippen molar-refractivity contribution in [3.8, 4) is 0 Å². The van der Waals surface area contributed by atoms with Crippen molar-refractivity contribution in [3.63, 3.8) is 0 Å². The molecule has 0 aromatic carbocycles. The number of hydrogen-bond donors (Lipinski definition) is 1. The van der Waals surface area contributed by atoms with Crippen LogP contribution in [-0.2, 0) is 20.6 Å². The zero-order valence-electron chi connectivity index (χ0n) is 12.8. The Hall–Kier alpha value is -1.40. The third-order valence-corrected chi connectivity index (χ3v) is 3.84. The van der Waals surface area contributed by atoms with Crippen LogP contribution in [0.15, 0.2) is 15.7 Å². The lowest BCUT2D eigenvalue weighted by atomic mass is 10.1. The fraction of sp³-hybridized carbons (Fsp3) is 0.714. The van der Waals surface area contributed by atoms with Crippen LogP contribution in [0.1, 0.15) is 32.4 Å². The molecule has 6 heteroatoms. The van der Waals surface area contributed by atoms with Crippen LogP contribution in [0.3, 0.4) is 0 Å². The summed E-state index contributed by atoms with van der Waals surface area (Å²) in [6.45, 7) is 5.29. The maximum Gasteiger partial charge on any atom is 0.330 e. The highest BCUT2D eigenvalue weighted by Crippen LogP contribution is 2.11. The first-order valence-electron chi connectivity index (χ1n) is 7.07. The van der Waals surface area contributed by atoms with Gasteiger partial charge in [-0.3, -0.25) is 18.8 Å². The van der Waals surface area contributed by atoms with E-state index >= 15 is 0 Å². The van der Waals surface area contributed by atoms with Crippen LogP contribution in [0.2, 0.25) is 0 Å². The van der Waals surface area contributed by atoms with Crippen molar-refractivity contribution in [2.24, 2.45) is 14.1 Å².